The molecule has 0 rings (SSSR count). The minimum atomic E-state index is -1.23. The minimum Gasteiger partial charge on any atom is -0.481 e. The van der Waals surface area contributed by atoms with Gasteiger partial charge in [-0.3, -0.25) is 4.79 Å². The van der Waals surface area contributed by atoms with Crippen molar-refractivity contribution in [3.8, 4) is 0 Å². The standard InChI is InChI=1S/C14H28O4/c1-5-9-14(13(17)18,12(16)8-4)10(6-2)11(15)7-3/h10-12,15-16H,5-9H2,1-4H3,(H,17,18). The molecule has 4 heteroatoms. The fraction of sp³-hybridized carbons (Fsp3) is 0.929. The number of hydrogen-bond acceptors (Lipinski definition) is 3. The van der Waals surface area contributed by atoms with Crippen molar-refractivity contribution in [1.29, 1.82) is 0 Å². The van der Waals surface area contributed by atoms with E-state index in [0.29, 0.717) is 32.1 Å². The van der Waals surface area contributed by atoms with Crippen LogP contribution in [0.1, 0.15) is 59.8 Å². The third-order valence-corrected chi connectivity index (χ3v) is 4.03. The lowest BCUT2D eigenvalue weighted by atomic mass is 9.64. The van der Waals surface area contributed by atoms with Gasteiger partial charge in [-0.15, -0.1) is 0 Å². The number of aliphatic hydroxyl groups is 2. The van der Waals surface area contributed by atoms with Gasteiger partial charge in [0.05, 0.1) is 17.6 Å². The van der Waals surface area contributed by atoms with Gasteiger partial charge < -0.3 is 15.3 Å². The van der Waals surface area contributed by atoms with Crippen LogP contribution in [0.15, 0.2) is 0 Å². The van der Waals surface area contributed by atoms with Crippen LogP contribution in [-0.4, -0.2) is 33.5 Å². The molecule has 4 nitrogen and oxygen atoms in total. The topological polar surface area (TPSA) is 77.8 Å². The highest BCUT2D eigenvalue weighted by Crippen LogP contribution is 2.42. The first-order chi connectivity index (χ1) is 8.42. The average Bonchev–Trinajstić information content (AvgIpc) is 2.36. The molecular formula is C14H28O4. The van der Waals surface area contributed by atoms with Gasteiger partial charge in [0.2, 0.25) is 0 Å². The van der Waals surface area contributed by atoms with Gasteiger partial charge in [0.15, 0.2) is 0 Å². The van der Waals surface area contributed by atoms with Gasteiger partial charge in [0.25, 0.3) is 0 Å². The molecule has 0 fully saturated rings. The van der Waals surface area contributed by atoms with Crippen molar-refractivity contribution in [1.82, 2.24) is 0 Å². The van der Waals surface area contributed by atoms with Gasteiger partial charge in [-0.2, -0.15) is 0 Å². The van der Waals surface area contributed by atoms with Crippen LogP contribution in [0, 0.1) is 11.3 Å². The number of carboxylic acid groups (broad SMARTS) is 1. The van der Waals surface area contributed by atoms with E-state index in [0.717, 1.165) is 0 Å². The molecule has 0 aliphatic heterocycles. The first-order valence-electron chi connectivity index (χ1n) is 7.01. The second-order valence-electron chi connectivity index (χ2n) is 5.01. The maximum Gasteiger partial charge on any atom is 0.312 e. The fourth-order valence-electron chi connectivity index (χ4n) is 3.05. The van der Waals surface area contributed by atoms with E-state index in [2.05, 4.69) is 0 Å². The molecule has 0 bridgehead atoms. The molecule has 108 valence electrons. The highest BCUT2D eigenvalue weighted by atomic mass is 16.4. The molecule has 0 aromatic rings. The summed E-state index contributed by atoms with van der Waals surface area (Å²) >= 11 is 0. The third-order valence-electron chi connectivity index (χ3n) is 4.03. The highest BCUT2D eigenvalue weighted by molar-refractivity contribution is 5.76. The molecule has 0 aliphatic rings. The van der Waals surface area contributed by atoms with Crippen LogP contribution in [0.25, 0.3) is 0 Å². The molecular weight excluding hydrogens is 232 g/mol. The van der Waals surface area contributed by atoms with Gasteiger partial charge in [0, 0.05) is 5.92 Å². The Labute approximate surface area is 110 Å². The summed E-state index contributed by atoms with van der Waals surface area (Å²) in [5.41, 5.74) is -1.23. The molecule has 18 heavy (non-hydrogen) atoms. The maximum atomic E-state index is 11.8. The Hall–Kier alpha value is -0.610. The Bertz CT molecular complexity index is 254. The predicted octanol–water partition coefficient (Wildman–Crippen LogP) is 2.43. The van der Waals surface area contributed by atoms with Gasteiger partial charge in [-0.25, -0.2) is 0 Å². The van der Waals surface area contributed by atoms with E-state index in [1.807, 2.05) is 20.8 Å². The van der Waals surface area contributed by atoms with Crippen molar-refractivity contribution in [3.05, 3.63) is 0 Å². The second-order valence-corrected chi connectivity index (χ2v) is 5.01. The molecule has 4 unspecified atom stereocenters. The number of carbonyl (C=O) groups is 1. The van der Waals surface area contributed by atoms with Crippen molar-refractivity contribution in [2.45, 2.75) is 72.0 Å². The molecule has 0 heterocycles. The monoisotopic (exact) mass is 260 g/mol. The van der Waals surface area contributed by atoms with Crippen molar-refractivity contribution < 1.29 is 20.1 Å². The number of carboxylic acids is 1. The van der Waals surface area contributed by atoms with E-state index >= 15 is 0 Å². The molecule has 0 amide bonds. The van der Waals surface area contributed by atoms with Crippen LogP contribution in [0.2, 0.25) is 0 Å². The van der Waals surface area contributed by atoms with E-state index in [1.165, 1.54) is 0 Å². The van der Waals surface area contributed by atoms with Gasteiger partial charge in [-0.1, -0.05) is 34.1 Å². The minimum absolute atomic E-state index is 0.388. The molecule has 0 aromatic carbocycles. The lowest BCUT2D eigenvalue weighted by Gasteiger charge is -2.42. The van der Waals surface area contributed by atoms with E-state index in [-0.39, 0.29) is 0 Å². The van der Waals surface area contributed by atoms with Crippen LogP contribution in [0.3, 0.4) is 0 Å². The van der Waals surface area contributed by atoms with Crippen LogP contribution < -0.4 is 0 Å². The van der Waals surface area contributed by atoms with E-state index in [9.17, 15) is 20.1 Å². The Balaban J connectivity index is 5.57. The Morgan fingerprint density at radius 2 is 1.61 bits per heavy atom. The van der Waals surface area contributed by atoms with E-state index in [1.54, 1.807) is 6.92 Å². The zero-order valence-corrected chi connectivity index (χ0v) is 12.0. The van der Waals surface area contributed by atoms with Gasteiger partial charge >= 0.3 is 5.97 Å². The Kier molecular flexibility index (Phi) is 7.48. The second kappa shape index (κ2) is 7.74. The van der Waals surface area contributed by atoms with E-state index < -0.39 is 29.5 Å². The lowest BCUT2D eigenvalue weighted by molar-refractivity contribution is -0.170. The van der Waals surface area contributed by atoms with E-state index in [4.69, 9.17) is 0 Å². The summed E-state index contributed by atoms with van der Waals surface area (Å²) in [5, 5.41) is 30.0. The molecule has 0 saturated heterocycles. The predicted molar refractivity (Wildman–Crippen MR) is 71.4 cm³/mol. The zero-order chi connectivity index (χ0) is 14.3. The van der Waals surface area contributed by atoms with Crippen molar-refractivity contribution in [2.75, 3.05) is 0 Å². The fourth-order valence-corrected chi connectivity index (χ4v) is 3.05. The summed E-state index contributed by atoms with van der Waals surface area (Å²) in [4.78, 5) is 11.8. The van der Waals surface area contributed by atoms with Crippen molar-refractivity contribution in [2.24, 2.45) is 11.3 Å². The number of rotatable bonds is 9. The molecule has 0 spiro atoms. The Morgan fingerprint density at radius 3 is 1.89 bits per heavy atom. The number of aliphatic carboxylic acids is 1. The highest BCUT2D eigenvalue weighted by Gasteiger charge is 2.51. The van der Waals surface area contributed by atoms with Crippen molar-refractivity contribution >= 4 is 5.97 Å². The summed E-state index contributed by atoms with van der Waals surface area (Å²) in [7, 11) is 0. The normalized spacial score (nSPS) is 19.9. The molecule has 0 radical (unpaired) electrons. The van der Waals surface area contributed by atoms with Crippen LogP contribution in [0.4, 0.5) is 0 Å². The smallest absolute Gasteiger partial charge is 0.312 e. The largest absolute Gasteiger partial charge is 0.481 e. The van der Waals surface area contributed by atoms with Gasteiger partial charge in [-0.05, 0) is 25.7 Å². The Morgan fingerprint density at radius 1 is 1.06 bits per heavy atom. The summed E-state index contributed by atoms with van der Waals surface area (Å²) in [5.74, 6) is -1.40. The molecule has 0 aliphatic carbocycles. The summed E-state index contributed by atoms with van der Waals surface area (Å²) in [6.45, 7) is 7.40. The van der Waals surface area contributed by atoms with Gasteiger partial charge in [0.1, 0.15) is 0 Å². The number of aliphatic hydroxyl groups excluding tert-OH is 2. The third kappa shape index (κ3) is 3.23. The van der Waals surface area contributed by atoms with Crippen LogP contribution >= 0.6 is 0 Å². The quantitative estimate of drug-likeness (QED) is 0.595. The maximum absolute atomic E-state index is 11.8. The summed E-state index contributed by atoms with van der Waals surface area (Å²) in [6.07, 6.45) is 0.925. The molecule has 3 N–H and O–H groups in total. The van der Waals surface area contributed by atoms with Crippen molar-refractivity contribution in [3.63, 3.8) is 0 Å². The number of hydrogen-bond donors (Lipinski definition) is 3. The first kappa shape index (κ1) is 17.4. The zero-order valence-electron chi connectivity index (χ0n) is 12.0. The summed E-state index contributed by atoms with van der Waals surface area (Å²) < 4.78 is 0. The molecule has 0 aromatic heterocycles. The van der Waals surface area contributed by atoms with Crippen LogP contribution in [-0.2, 0) is 4.79 Å². The first-order valence-corrected chi connectivity index (χ1v) is 7.01. The van der Waals surface area contributed by atoms with Crippen LogP contribution in [0.5, 0.6) is 0 Å². The summed E-state index contributed by atoms with van der Waals surface area (Å²) in [6, 6.07) is 0. The molecule has 4 atom stereocenters. The molecule has 0 saturated carbocycles. The lowest BCUT2D eigenvalue weighted by Crippen LogP contribution is -2.51. The SMILES string of the molecule is CCCC(C(=O)O)(C(O)CC)C(CC)C(O)CC. The average molecular weight is 260 g/mol.